The largest absolute Gasteiger partial charge is 0.246 e. The van der Waals surface area contributed by atoms with E-state index in [1.54, 1.807) is 6.92 Å². The van der Waals surface area contributed by atoms with Crippen LogP contribution in [0.25, 0.3) is 0 Å². The third-order valence-electron chi connectivity index (χ3n) is 2.08. The Morgan fingerprint density at radius 3 is 2.75 bits per heavy atom. The van der Waals surface area contributed by atoms with Crippen molar-refractivity contribution in [2.24, 2.45) is 0 Å². The monoisotopic (exact) mass is 229 g/mol. The molecule has 0 unspecified atom stereocenters. The quantitative estimate of drug-likeness (QED) is 0.675. The highest BCUT2D eigenvalue weighted by Gasteiger charge is 2.29. The van der Waals surface area contributed by atoms with Crippen LogP contribution in [0.4, 0.5) is 4.39 Å². The number of hydrogen-bond donors (Lipinski definition) is 0. The molecule has 1 aliphatic carbocycles. The normalized spacial score (nSPS) is 16.6. The minimum Gasteiger partial charge on any atom is -0.246 e. The molecular weight excluding hydrogens is 221 g/mol. The van der Waals surface area contributed by atoms with Gasteiger partial charge in [-0.05, 0) is 47.7 Å². The van der Waals surface area contributed by atoms with E-state index in [0.717, 1.165) is 24.1 Å². The van der Waals surface area contributed by atoms with E-state index in [4.69, 9.17) is 0 Å². The zero-order chi connectivity index (χ0) is 8.72. The predicted molar refractivity (Wildman–Crippen MR) is 48.6 cm³/mol. The van der Waals surface area contributed by atoms with Crippen molar-refractivity contribution in [3.8, 4) is 0 Å². The van der Waals surface area contributed by atoms with Gasteiger partial charge in [0, 0.05) is 11.3 Å². The maximum Gasteiger partial charge on any atom is 0.131 e. The third-order valence-corrected chi connectivity index (χ3v) is 2.68. The van der Waals surface area contributed by atoms with Crippen LogP contribution in [0.1, 0.15) is 30.0 Å². The summed E-state index contributed by atoms with van der Waals surface area (Å²) < 4.78 is 14.0. The zero-order valence-electron chi connectivity index (χ0n) is 6.77. The van der Waals surface area contributed by atoms with Gasteiger partial charge in [0.05, 0.1) is 0 Å². The minimum absolute atomic E-state index is 0.114. The summed E-state index contributed by atoms with van der Waals surface area (Å²) >= 11 is 3.29. The van der Waals surface area contributed by atoms with E-state index in [9.17, 15) is 4.39 Å². The highest BCUT2D eigenvalue weighted by molar-refractivity contribution is 9.10. The molecule has 0 saturated heterocycles. The fourth-order valence-electron chi connectivity index (χ4n) is 1.34. The Labute approximate surface area is 79.1 Å². The lowest BCUT2D eigenvalue weighted by molar-refractivity contribution is 0.603. The molecule has 0 aromatic carbocycles. The molecule has 0 atom stereocenters. The van der Waals surface area contributed by atoms with Crippen LogP contribution < -0.4 is 0 Å². The summed E-state index contributed by atoms with van der Waals surface area (Å²) in [5, 5.41) is 0. The van der Waals surface area contributed by atoms with Crippen LogP contribution in [0.3, 0.4) is 0 Å². The fraction of sp³-hybridized carbons (Fsp3) is 0.444. The van der Waals surface area contributed by atoms with Crippen molar-refractivity contribution < 1.29 is 4.39 Å². The van der Waals surface area contributed by atoms with Crippen LogP contribution in [-0.4, -0.2) is 4.98 Å². The molecule has 0 aliphatic heterocycles. The van der Waals surface area contributed by atoms with E-state index < -0.39 is 0 Å². The molecule has 1 aromatic heterocycles. The topological polar surface area (TPSA) is 12.9 Å². The number of aryl methyl sites for hydroxylation is 1. The molecule has 1 aromatic rings. The first-order chi connectivity index (χ1) is 5.68. The predicted octanol–water partition coefficient (Wildman–Crippen LogP) is 3.17. The van der Waals surface area contributed by atoms with E-state index in [1.807, 2.05) is 0 Å². The summed E-state index contributed by atoms with van der Waals surface area (Å²) in [5.74, 6) is 0.296. The molecule has 1 heterocycles. The standard InChI is InChI=1S/C9H9BrFN/c1-5-4-7(11)8(6-2-3-6)9(10)12-5/h4,6H,2-3H2,1H3. The number of rotatable bonds is 1. The second-order valence-corrected chi connectivity index (χ2v) is 3.98. The van der Waals surface area contributed by atoms with Gasteiger partial charge >= 0.3 is 0 Å². The van der Waals surface area contributed by atoms with Gasteiger partial charge in [-0.3, -0.25) is 0 Å². The van der Waals surface area contributed by atoms with E-state index in [2.05, 4.69) is 20.9 Å². The van der Waals surface area contributed by atoms with Crippen molar-refractivity contribution >= 4 is 15.9 Å². The Bertz CT molecular complexity index is 297. The molecule has 1 nitrogen and oxygen atoms in total. The average Bonchev–Trinajstić information content (AvgIpc) is 2.68. The molecule has 2 rings (SSSR count). The van der Waals surface area contributed by atoms with Crippen LogP contribution in [0.5, 0.6) is 0 Å². The van der Waals surface area contributed by atoms with Crippen molar-refractivity contribution in [2.45, 2.75) is 25.7 Å². The fourth-order valence-corrected chi connectivity index (χ4v) is 2.14. The Hall–Kier alpha value is -0.440. The summed E-state index contributed by atoms with van der Waals surface area (Å²) in [7, 11) is 0. The van der Waals surface area contributed by atoms with Gasteiger partial charge in [0.2, 0.25) is 0 Å². The van der Waals surface area contributed by atoms with Crippen LogP contribution in [0, 0.1) is 12.7 Å². The van der Waals surface area contributed by atoms with E-state index in [-0.39, 0.29) is 5.82 Å². The highest BCUT2D eigenvalue weighted by atomic mass is 79.9. The van der Waals surface area contributed by atoms with Crippen molar-refractivity contribution in [3.63, 3.8) is 0 Å². The van der Waals surface area contributed by atoms with Crippen molar-refractivity contribution in [1.29, 1.82) is 0 Å². The van der Waals surface area contributed by atoms with Crippen LogP contribution in [0.15, 0.2) is 10.7 Å². The number of hydrogen-bond acceptors (Lipinski definition) is 1. The summed E-state index contributed by atoms with van der Waals surface area (Å²) in [6.45, 7) is 1.80. The third kappa shape index (κ3) is 1.38. The highest BCUT2D eigenvalue weighted by Crippen LogP contribution is 2.43. The SMILES string of the molecule is Cc1cc(F)c(C2CC2)c(Br)n1. The molecular formula is C9H9BrFN. The Kier molecular flexibility index (Phi) is 1.91. The Morgan fingerprint density at radius 2 is 2.25 bits per heavy atom. The zero-order valence-corrected chi connectivity index (χ0v) is 8.36. The summed E-state index contributed by atoms with van der Waals surface area (Å²) in [4.78, 5) is 4.17. The van der Waals surface area contributed by atoms with E-state index in [1.165, 1.54) is 6.07 Å². The first-order valence-corrected chi connectivity index (χ1v) is 4.80. The van der Waals surface area contributed by atoms with Gasteiger partial charge in [0.1, 0.15) is 10.4 Å². The lowest BCUT2D eigenvalue weighted by Crippen LogP contribution is -1.94. The molecule has 0 bridgehead atoms. The Morgan fingerprint density at radius 1 is 1.58 bits per heavy atom. The van der Waals surface area contributed by atoms with Gasteiger partial charge in [0.25, 0.3) is 0 Å². The summed E-state index contributed by atoms with van der Waals surface area (Å²) in [5.41, 5.74) is 1.49. The van der Waals surface area contributed by atoms with Crippen LogP contribution in [-0.2, 0) is 0 Å². The van der Waals surface area contributed by atoms with Gasteiger partial charge < -0.3 is 0 Å². The Balaban J connectivity index is 2.51. The maximum atomic E-state index is 13.3. The molecule has 0 amide bonds. The van der Waals surface area contributed by atoms with Gasteiger partial charge in [-0.1, -0.05) is 0 Å². The van der Waals surface area contributed by atoms with E-state index in [0.29, 0.717) is 10.5 Å². The number of aromatic nitrogens is 1. The second kappa shape index (κ2) is 2.80. The number of pyridine rings is 1. The van der Waals surface area contributed by atoms with Gasteiger partial charge in [-0.25, -0.2) is 9.37 Å². The maximum absolute atomic E-state index is 13.3. The first kappa shape index (κ1) is 8.17. The number of nitrogens with zero attached hydrogens (tertiary/aromatic N) is 1. The molecule has 1 saturated carbocycles. The first-order valence-electron chi connectivity index (χ1n) is 4.01. The second-order valence-electron chi connectivity index (χ2n) is 3.22. The van der Waals surface area contributed by atoms with Gasteiger partial charge in [-0.2, -0.15) is 0 Å². The summed E-state index contributed by atoms with van der Waals surface area (Å²) in [6.07, 6.45) is 2.19. The lowest BCUT2D eigenvalue weighted by Gasteiger charge is -2.04. The van der Waals surface area contributed by atoms with E-state index >= 15 is 0 Å². The smallest absolute Gasteiger partial charge is 0.131 e. The van der Waals surface area contributed by atoms with Crippen molar-refractivity contribution in [2.75, 3.05) is 0 Å². The molecule has 1 fully saturated rings. The molecule has 12 heavy (non-hydrogen) atoms. The molecule has 0 N–H and O–H groups in total. The van der Waals surface area contributed by atoms with Gasteiger partial charge in [0.15, 0.2) is 0 Å². The molecule has 64 valence electrons. The molecule has 1 aliphatic rings. The number of halogens is 2. The molecule has 0 spiro atoms. The van der Waals surface area contributed by atoms with Crippen LogP contribution in [0.2, 0.25) is 0 Å². The summed E-state index contributed by atoms with van der Waals surface area (Å²) in [6, 6.07) is 1.50. The average molecular weight is 230 g/mol. The minimum atomic E-state index is -0.114. The molecule has 0 radical (unpaired) electrons. The molecule has 3 heteroatoms. The van der Waals surface area contributed by atoms with Crippen molar-refractivity contribution in [3.05, 3.63) is 27.7 Å². The van der Waals surface area contributed by atoms with Gasteiger partial charge in [-0.15, -0.1) is 0 Å². The lowest BCUT2D eigenvalue weighted by atomic mass is 10.1. The van der Waals surface area contributed by atoms with Crippen LogP contribution >= 0.6 is 15.9 Å². The van der Waals surface area contributed by atoms with Crippen molar-refractivity contribution in [1.82, 2.24) is 4.98 Å².